The molecule has 1 amide bonds. The first-order valence-electron chi connectivity index (χ1n) is 10.9. The predicted octanol–water partition coefficient (Wildman–Crippen LogP) is 5.44. The first kappa shape index (κ1) is 25.2. The van der Waals surface area contributed by atoms with Gasteiger partial charge in [0, 0.05) is 30.3 Å². The number of carbonyl (C=O) groups is 1. The van der Waals surface area contributed by atoms with Crippen LogP contribution < -0.4 is 5.32 Å². The number of hydrogen-bond donors (Lipinski definition) is 1. The maximum atomic E-state index is 13.7. The molecule has 0 aliphatic heterocycles. The van der Waals surface area contributed by atoms with Crippen molar-refractivity contribution in [3.05, 3.63) is 78.2 Å². The molecule has 0 unspecified atom stereocenters. The van der Waals surface area contributed by atoms with Crippen LogP contribution in [0.25, 0.3) is 22.3 Å². The molecular formula is C25H22F5N5O. The highest BCUT2D eigenvalue weighted by molar-refractivity contribution is 5.85. The monoisotopic (exact) mass is 503 g/mol. The Labute approximate surface area is 203 Å². The standard InChI is InChI=1S/C25H22F5N5O/c1-15(34-22(36)24(3,26)27)23(2,18-6-8-19(9-7-18)25(28,29)30)35-20-10-5-16(13-17(20)14-33-35)21-31-11-4-12-32-21/h4-15H,1-3H3,(H,34,36)/t15-,23+/m0/s1. The Morgan fingerprint density at radius 2 is 1.56 bits per heavy atom. The van der Waals surface area contributed by atoms with Crippen molar-refractivity contribution in [3.8, 4) is 11.4 Å². The average Bonchev–Trinajstić information content (AvgIpc) is 3.26. The van der Waals surface area contributed by atoms with Crippen molar-refractivity contribution in [1.29, 1.82) is 0 Å². The molecule has 2 atom stereocenters. The normalized spacial score (nSPS) is 14.9. The molecule has 0 aliphatic rings. The first-order chi connectivity index (χ1) is 16.8. The molecular weight excluding hydrogens is 481 g/mol. The highest BCUT2D eigenvalue weighted by Gasteiger charge is 2.42. The van der Waals surface area contributed by atoms with Gasteiger partial charge in [-0.2, -0.15) is 27.1 Å². The molecule has 1 N–H and O–H groups in total. The highest BCUT2D eigenvalue weighted by atomic mass is 19.4. The van der Waals surface area contributed by atoms with Crippen LogP contribution >= 0.6 is 0 Å². The molecule has 0 spiro atoms. The van der Waals surface area contributed by atoms with E-state index in [1.165, 1.54) is 23.7 Å². The van der Waals surface area contributed by atoms with Gasteiger partial charge in [0.15, 0.2) is 5.82 Å². The van der Waals surface area contributed by atoms with Crippen molar-refractivity contribution in [2.75, 3.05) is 0 Å². The lowest BCUT2D eigenvalue weighted by atomic mass is 9.84. The molecule has 0 saturated carbocycles. The zero-order chi connectivity index (χ0) is 26.3. The van der Waals surface area contributed by atoms with E-state index in [1.807, 2.05) is 0 Å². The van der Waals surface area contributed by atoms with Gasteiger partial charge in [-0.25, -0.2) is 9.97 Å². The van der Waals surface area contributed by atoms with Crippen LogP contribution in [0.1, 0.15) is 31.9 Å². The lowest BCUT2D eigenvalue weighted by Gasteiger charge is -2.38. The molecule has 0 radical (unpaired) electrons. The van der Waals surface area contributed by atoms with Crippen LogP contribution in [0.15, 0.2) is 67.1 Å². The maximum absolute atomic E-state index is 13.7. The molecule has 2 aromatic heterocycles. The second-order valence-corrected chi connectivity index (χ2v) is 8.71. The summed E-state index contributed by atoms with van der Waals surface area (Å²) in [5.74, 6) is -4.66. The Hall–Kier alpha value is -3.89. The van der Waals surface area contributed by atoms with E-state index in [1.54, 1.807) is 49.8 Å². The van der Waals surface area contributed by atoms with E-state index in [9.17, 15) is 26.7 Å². The molecule has 4 rings (SSSR count). The van der Waals surface area contributed by atoms with E-state index in [0.717, 1.165) is 12.1 Å². The summed E-state index contributed by atoms with van der Waals surface area (Å²) in [5, 5.41) is 7.42. The second-order valence-electron chi connectivity index (χ2n) is 8.71. The summed E-state index contributed by atoms with van der Waals surface area (Å²) in [5.41, 5.74) is -0.573. The zero-order valence-electron chi connectivity index (χ0n) is 19.5. The fraction of sp³-hybridized carbons (Fsp3) is 0.280. The van der Waals surface area contributed by atoms with Crippen molar-refractivity contribution in [3.63, 3.8) is 0 Å². The Morgan fingerprint density at radius 1 is 0.944 bits per heavy atom. The van der Waals surface area contributed by atoms with Gasteiger partial charge in [-0.1, -0.05) is 12.1 Å². The molecule has 36 heavy (non-hydrogen) atoms. The number of carbonyl (C=O) groups excluding carboxylic acids is 1. The van der Waals surface area contributed by atoms with E-state index in [2.05, 4.69) is 20.4 Å². The van der Waals surface area contributed by atoms with Crippen molar-refractivity contribution in [2.45, 2.75) is 44.5 Å². The Kier molecular flexibility index (Phi) is 6.27. The molecule has 2 aromatic carbocycles. The molecule has 0 bridgehead atoms. The highest BCUT2D eigenvalue weighted by Crippen LogP contribution is 2.36. The number of nitrogens with one attached hydrogen (secondary N) is 1. The SMILES string of the molecule is C[C@H](NC(=O)C(C)(F)F)[C@](C)(c1ccc(C(F)(F)F)cc1)n1ncc2cc(-c3ncccn3)ccc21. The number of hydrogen-bond acceptors (Lipinski definition) is 4. The summed E-state index contributed by atoms with van der Waals surface area (Å²) in [6.07, 6.45) is 0.206. The number of rotatable bonds is 6. The van der Waals surface area contributed by atoms with Gasteiger partial charge in [0.1, 0.15) is 5.54 Å². The van der Waals surface area contributed by atoms with E-state index >= 15 is 0 Å². The molecule has 0 fully saturated rings. The summed E-state index contributed by atoms with van der Waals surface area (Å²) in [4.78, 5) is 20.6. The summed E-state index contributed by atoms with van der Waals surface area (Å²) >= 11 is 0. The molecule has 6 nitrogen and oxygen atoms in total. The van der Waals surface area contributed by atoms with Gasteiger partial charge in [0.2, 0.25) is 0 Å². The minimum absolute atomic E-state index is 0.336. The third-order valence-corrected chi connectivity index (χ3v) is 6.22. The van der Waals surface area contributed by atoms with Gasteiger partial charge in [-0.15, -0.1) is 0 Å². The third kappa shape index (κ3) is 4.65. The number of halogens is 5. The van der Waals surface area contributed by atoms with Gasteiger partial charge in [-0.3, -0.25) is 9.48 Å². The van der Waals surface area contributed by atoms with Gasteiger partial charge < -0.3 is 5.32 Å². The van der Waals surface area contributed by atoms with E-state index in [4.69, 9.17) is 0 Å². The van der Waals surface area contributed by atoms with E-state index in [0.29, 0.717) is 34.8 Å². The number of amides is 1. The average molecular weight is 503 g/mol. The first-order valence-corrected chi connectivity index (χ1v) is 10.9. The maximum Gasteiger partial charge on any atom is 0.416 e. The molecule has 0 aliphatic carbocycles. The smallest absolute Gasteiger partial charge is 0.346 e. The fourth-order valence-electron chi connectivity index (χ4n) is 4.01. The van der Waals surface area contributed by atoms with Gasteiger partial charge in [0.05, 0.1) is 23.3 Å². The lowest BCUT2D eigenvalue weighted by Crippen LogP contribution is -2.54. The topological polar surface area (TPSA) is 72.7 Å². The molecule has 4 aromatic rings. The van der Waals surface area contributed by atoms with Gasteiger partial charge in [0.25, 0.3) is 5.91 Å². The van der Waals surface area contributed by atoms with Crippen molar-refractivity contribution in [2.24, 2.45) is 0 Å². The van der Waals surface area contributed by atoms with Crippen molar-refractivity contribution >= 4 is 16.8 Å². The number of nitrogens with zero attached hydrogens (tertiary/aromatic N) is 4. The van der Waals surface area contributed by atoms with Gasteiger partial charge in [-0.05, 0) is 55.8 Å². The summed E-state index contributed by atoms with van der Waals surface area (Å²) in [7, 11) is 0. The Morgan fingerprint density at radius 3 is 2.14 bits per heavy atom. The molecule has 0 saturated heterocycles. The predicted molar refractivity (Wildman–Crippen MR) is 123 cm³/mol. The van der Waals surface area contributed by atoms with Crippen LogP contribution in [0, 0.1) is 0 Å². The van der Waals surface area contributed by atoms with Crippen LogP contribution in [0.2, 0.25) is 0 Å². The Balaban J connectivity index is 1.84. The number of benzene rings is 2. The minimum Gasteiger partial charge on any atom is -0.346 e. The van der Waals surface area contributed by atoms with Crippen LogP contribution in [-0.2, 0) is 16.5 Å². The summed E-state index contributed by atoms with van der Waals surface area (Å²) in [6.45, 7) is 3.59. The van der Waals surface area contributed by atoms with Crippen molar-refractivity contribution < 1.29 is 26.7 Å². The van der Waals surface area contributed by atoms with Crippen molar-refractivity contribution in [1.82, 2.24) is 25.1 Å². The quantitative estimate of drug-likeness (QED) is 0.356. The zero-order valence-corrected chi connectivity index (χ0v) is 19.5. The summed E-state index contributed by atoms with van der Waals surface area (Å²) in [6, 6.07) is 10.3. The van der Waals surface area contributed by atoms with E-state index < -0.39 is 35.2 Å². The lowest BCUT2D eigenvalue weighted by molar-refractivity contribution is -0.144. The van der Waals surface area contributed by atoms with Crippen LogP contribution in [0.5, 0.6) is 0 Å². The summed E-state index contributed by atoms with van der Waals surface area (Å²) < 4.78 is 68.4. The molecule has 2 heterocycles. The second kappa shape index (κ2) is 8.96. The van der Waals surface area contributed by atoms with Crippen LogP contribution in [-0.4, -0.2) is 37.6 Å². The number of aromatic nitrogens is 4. The molecule has 11 heteroatoms. The fourth-order valence-corrected chi connectivity index (χ4v) is 4.01. The van der Waals surface area contributed by atoms with Crippen LogP contribution in [0.4, 0.5) is 22.0 Å². The van der Waals surface area contributed by atoms with E-state index in [-0.39, 0.29) is 0 Å². The minimum atomic E-state index is -4.55. The third-order valence-electron chi connectivity index (χ3n) is 6.22. The van der Waals surface area contributed by atoms with Gasteiger partial charge >= 0.3 is 12.1 Å². The Bertz CT molecular complexity index is 1380. The largest absolute Gasteiger partial charge is 0.416 e. The molecule has 188 valence electrons. The number of alkyl halides is 5. The number of fused-ring (bicyclic) bond motifs is 1. The van der Waals surface area contributed by atoms with Crippen LogP contribution in [0.3, 0.4) is 0 Å².